The van der Waals surface area contributed by atoms with Gasteiger partial charge in [0.15, 0.2) is 0 Å². The lowest BCUT2D eigenvalue weighted by atomic mass is 9.82. The monoisotopic (exact) mass is 360 g/mol. The Morgan fingerprint density at radius 1 is 0.852 bits per heavy atom. The van der Waals surface area contributed by atoms with E-state index in [1.165, 1.54) is 0 Å². The van der Waals surface area contributed by atoms with Gasteiger partial charge in [0.25, 0.3) is 0 Å². The molecule has 0 aliphatic heterocycles. The van der Waals surface area contributed by atoms with E-state index in [2.05, 4.69) is 5.16 Å². The van der Waals surface area contributed by atoms with Crippen LogP contribution in [0.25, 0.3) is 0 Å². The van der Waals surface area contributed by atoms with Crippen molar-refractivity contribution in [2.24, 2.45) is 5.16 Å². The maximum absolute atomic E-state index is 12.0. The first-order valence-corrected chi connectivity index (χ1v) is 8.70. The van der Waals surface area contributed by atoms with Gasteiger partial charge in [-0.1, -0.05) is 96.2 Å². The zero-order valence-corrected chi connectivity index (χ0v) is 14.7. The molecule has 3 aromatic rings. The van der Waals surface area contributed by atoms with Crippen molar-refractivity contribution in [3.63, 3.8) is 0 Å². The van der Waals surface area contributed by atoms with Crippen LogP contribution in [0.4, 0.5) is 0 Å². The normalized spacial score (nSPS) is 13.7. The molecule has 27 heavy (non-hydrogen) atoms. The molecular formula is C22H20N2O3. The van der Waals surface area contributed by atoms with E-state index in [1.54, 1.807) is 24.3 Å². The molecule has 3 rings (SSSR count). The molecule has 0 aliphatic carbocycles. The second-order valence-electron chi connectivity index (χ2n) is 6.27. The zero-order valence-electron chi connectivity index (χ0n) is 14.7. The van der Waals surface area contributed by atoms with Crippen LogP contribution >= 0.6 is 0 Å². The molecule has 136 valence electrons. The van der Waals surface area contributed by atoms with Crippen LogP contribution in [0.1, 0.15) is 35.1 Å². The number of rotatable bonds is 7. The first kappa shape index (κ1) is 18.3. The fourth-order valence-electron chi connectivity index (χ4n) is 3.32. The van der Waals surface area contributed by atoms with Crippen LogP contribution in [0.15, 0.2) is 96.2 Å². The van der Waals surface area contributed by atoms with Crippen LogP contribution < -0.4 is 0 Å². The van der Waals surface area contributed by atoms with Crippen LogP contribution in [-0.2, 0) is 0 Å². The summed E-state index contributed by atoms with van der Waals surface area (Å²) in [6.45, 7) is 0. The standard InChI is InChI=1S/C22H20N2O3/c25-23-21(18-12-6-2-7-13-18)16-20(17-10-4-1-5-11-17)22(24(26)27)19-14-8-3-9-15-19/h1-15,20,22,25H,16H2/b23-21+/t20-,22+/m0/s1. The molecule has 3 aromatic carbocycles. The minimum absolute atomic E-state index is 0.241. The van der Waals surface area contributed by atoms with E-state index in [0.29, 0.717) is 11.3 Å². The molecule has 0 heterocycles. The van der Waals surface area contributed by atoms with Crippen LogP contribution in [0.3, 0.4) is 0 Å². The van der Waals surface area contributed by atoms with E-state index in [-0.39, 0.29) is 11.3 Å². The van der Waals surface area contributed by atoms with Crippen molar-refractivity contribution in [3.05, 3.63) is 118 Å². The van der Waals surface area contributed by atoms with Gasteiger partial charge < -0.3 is 5.21 Å². The fourth-order valence-corrected chi connectivity index (χ4v) is 3.32. The van der Waals surface area contributed by atoms with E-state index in [4.69, 9.17) is 0 Å². The number of hydrogen-bond acceptors (Lipinski definition) is 4. The molecule has 0 aromatic heterocycles. The largest absolute Gasteiger partial charge is 0.411 e. The van der Waals surface area contributed by atoms with Gasteiger partial charge in [0, 0.05) is 16.9 Å². The Kier molecular flexibility index (Phi) is 5.94. The maximum atomic E-state index is 12.0. The summed E-state index contributed by atoms with van der Waals surface area (Å²) < 4.78 is 0. The molecule has 0 radical (unpaired) electrons. The third-order valence-corrected chi connectivity index (χ3v) is 4.62. The van der Waals surface area contributed by atoms with Crippen LogP contribution in [-0.4, -0.2) is 15.8 Å². The summed E-state index contributed by atoms with van der Waals surface area (Å²) in [6.07, 6.45) is 0.241. The van der Waals surface area contributed by atoms with Gasteiger partial charge in [-0.2, -0.15) is 0 Å². The second-order valence-corrected chi connectivity index (χ2v) is 6.27. The van der Waals surface area contributed by atoms with Crippen molar-refractivity contribution in [1.29, 1.82) is 0 Å². The summed E-state index contributed by atoms with van der Waals surface area (Å²) >= 11 is 0. The van der Waals surface area contributed by atoms with Crippen LogP contribution in [0.5, 0.6) is 0 Å². The third-order valence-electron chi connectivity index (χ3n) is 4.62. The van der Waals surface area contributed by atoms with Crippen molar-refractivity contribution >= 4 is 5.71 Å². The Labute approximate surface area is 157 Å². The van der Waals surface area contributed by atoms with Gasteiger partial charge >= 0.3 is 0 Å². The molecule has 1 N–H and O–H groups in total. The van der Waals surface area contributed by atoms with Gasteiger partial charge in [-0.15, -0.1) is 0 Å². The average Bonchev–Trinajstić information content (AvgIpc) is 2.72. The number of hydrogen-bond donors (Lipinski definition) is 1. The highest BCUT2D eigenvalue weighted by atomic mass is 16.6. The fraction of sp³-hybridized carbons (Fsp3) is 0.136. The lowest BCUT2D eigenvalue weighted by molar-refractivity contribution is -0.533. The Hall–Kier alpha value is -3.47. The summed E-state index contributed by atoms with van der Waals surface area (Å²) in [7, 11) is 0. The van der Waals surface area contributed by atoms with Crippen molar-refractivity contribution in [2.45, 2.75) is 18.4 Å². The predicted molar refractivity (Wildman–Crippen MR) is 105 cm³/mol. The molecule has 0 unspecified atom stereocenters. The quantitative estimate of drug-likeness (QED) is 0.277. The minimum Gasteiger partial charge on any atom is -0.411 e. The highest BCUT2D eigenvalue weighted by Crippen LogP contribution is 2.37. The Morgan fingerprint density at radius 2 is 1.33 bits per heavy atom. The van der Waals surface area contributed by atoms with Gasteiger partial charge in [0.1, 0.15) is 0 Å². The minimum atomic E-state index is -0.950. The summed E-state index contributed by atoms with van der Waals surface area (Å²) in [4.78, 5) is 11.8. The van der Waals surface area contributed by atoms with E-state index in [0.717, 1.165) is 11.1 Å². The zero-order chi connectivity index (χ0) is 19.1. The molecule has 0 aliphatic rings. The van der Waals surface area contributed by atoms with Crippen molar-refractivity contribution in [1.82, 2.24) is 0 Å². The van der Waals surface area contributed by atoms with Gasteiger partial charge in [0.05, 0.1) is 11.6 Å². The predicted octanol–water partition coefficient (Wildman–Crippen LogP) is 5.06. The summed E-state index contributed by atoms with van der Waals surface area (Å²) in [5, 5.41) is 25.1. The smallest absolute Gasteiger partial charge is 0.245 e. The van der Waals surface area contributed by atoms with Crippen molar-refractivity contribution < 1.29 is 10.1 Å². The van der Waals surface area contributed by atoms with E-state index >= 15 is 0 Å². The van der Waals surface area contributed by atoms with Gasteiger partial charge in [-0.25, -0.2) is 0 Å². The Morgan fingerprint density at radius 3 is 1.81 bits per heavy atom. The highest BCUT2D eigenvalue weighted by molar-refractivity contribution is 6.00. The molecule has 2 atom stereocenters. The molecule has 5 nitrogen and oxygen atoms in total. The van der Waals surface area contributed by atoms with Crippen LogP contribution in [0, 0.1) is 10.1 Å². The lowest BCUT2D eigenvalue weighted by Gasteiger charge is -2.22. The van der Waals surface area contributed by atoms with Gasteiger partial charge in [-0.05, 0) is 11.1 Å². The SMILES string of the molecule is O=[N+]([O-])[C@H](c1ccccc1)[C@@H](C/C(=N\O)c1ccccc1)c1ccccc1. The molecule has 0 saturated carbocycles. The first-order valence-electron chi connectivity index (χ1n) is 8.70. The van der Waals surface area contributed by atoms with E-state index in [1.807, 2.05) is 66.7 Å². The number of oxime groups is 1. The second kappa shape index (κ2) is 8.76. The number of nitro groups is 1. The summed E-state index contributed by atoms with van der Waals surface area (Å²) in [6, 6.07) is 26.6. The van der Waals surface area contributed by atoms with E-state index < -0.39 is 12.0 Å². The molecule has 0 bridgehead atoms. The van der Waals surface area contributed by atoms with Crippen molar-refractivity contribution in [3.8, 4) is 0 Å². The lowest BCUT2D eigenvalue weighted by Crippen LogP contribution is -2.22. The van der Waals surface area contributed by atoms with Gasteiger partial charge in [-0.3, -0.25) is 10.1 Å². The van der Waals surface area contributed by atoms with Gasteiger partial charge in [0.2, 0.25) is 6.04 Å². The molecule has 5 heteroatoms. The van der Waals surface area contributed by atoms with Crippen molar-refractivity contribution in [2.75, 3.05) is 0 Å². The van der Waals surface area contributed by atoms with E-state index in [9.17, 15) is 15.3 Å². The molecular weight excluding hydrogens is 340 g/mol. The summed E-state index contributed by atoms with van der Waals surface area (Å²) in [5.41, 5.74) is 2.63. The van der Waals surface area contributed by atoms with Crippen LogP contribution in [0.2, 0.25) is 0 Å². The first-order chi connectivity index (χ1) is 13.2. The Bertz CT molecular complexity index is 897. The molecule has 0 amide bonds. The maximum Gasteiger partial charge on any atom is 0.245 e. The number of nitrogens with zero attached hydrogens (tertiary/aromatic N) is 2. The number of benzene rings is 3. The molecule has 0 saturated heterocycles. The molecule has 0 spiro atoms. The average molecular weight is 360 g/mol. The molecule has 0 fully saturated rings. The summed E-state index contributed by atoms with van der Waals surface area (Å²) in [5.74, 6) is -0.477. The third kappa shape index (κ3) is 4.39. The highest BCUT2D eigenvalue weighted by Gasteiger charge is 2.35. The topological polar surface area (TPSA) is 75.7 Å². The Balaban J connectivity index is 2.04.